The second-order valence-electron chi connectivity index (χ2n) is 6.42. The SMILES string of the molecule is COc1cc(C(c2ccc(O)c(OC)c2)[C@@H]2COC(=O)[C@H]2C)ccc1O. The number of cyclic esters (lactones) is 1. The molecule has 2 aromatic carbocycles. The van der Waals surface area contributed by atoms with E-state index in [9.17, 15) is 15.0 Å². The van der Waals surface area contributed by atoms with Gasteiger partial charge in [-0.05, 0) is 35.4 Å². The van der Waals surface area contributed by atoms with Crippen molar-refractivity contribution in [3.05, 3.63) is 47.5 Å². The molecule has 2 N–H and O–H groups in total. The lowest BCUT2D eigenvalue weighted by Crippen LogP contribution is -2.21. The number of phenols is 2. The Bertz CT molecular complexity index is 762. The summed E-state index contributed by atoms with van der Waals surface area (Å²) in [6, 6.07) is 10.3. The molecule has 0 amide bonds. The van der Waals surface area contributed by atoms with E-state index in [1.165, 1.54) is 14.2 Å². The Morgan fingerprint density at radius 2 is 1.50 bits per heavy atom. The Balaban J connectivity index is 2.12. The number of hydrogen-bond acceptors (Lipinski definition) is 6. The number of esters is 1. The van der Waals surface area contributed by atoms with Gasteiger partial charge < -0.3 is 24.4 Å². The van der Waals surface area contributed by atoms with Crippen molar-refractivity contribution in [3.63, 3.8) is 0 Å². The van der Waals surface area contributed by atoms with Gasteiger partial charge in [0, 0.05) is 11.8 Å². The van der Waals surface area contributed by atoms with E-state index in [0.29, 0.717) is 18.1 Å². The van der Waals surface area contributed by atoms with Crippen LogP contribution in [0.15, 0.2) is 36.4 Å². The van der Waals surface area contributed by atoms with Gasteiger partial charge in [-0.15, -0.1) is 0 Å². The van der Waals surface area contributed by atoms with E-state index >= 15 is 0 Å². The minimum Gasteiger partial charge on any atom is -0.504 e. The summed E-state index contributed by atoms with van der Waals surface area (Å²) in [4.78, 5) is 12.0. The summed E-state index contributed by atoms with van der Waals surface area (Å²) >= 11 is 0. The first-order valence-electron chi connectivity index (χ1n) is 8.36. The van der Waals surface area contributed by atoms with Crippen molar-refractivity contribution in [2.24, 2.45) is 11.8 Å². The molecule has 0 bridgehead atoms. The predicted octanol–water partition coefficient (Wildman–Crippen LogP) is 3.06. The zero-order chi connectivity index (χ0) is 18.8. The molecule has 1 heterocycles. The molecule has 0 radical (unpaired) electrons. The van der Waals surface area contributed by atoms with Crippen LogP contribution in [0.5, 0.6) is 23.0 Å². The van der Waals surface area contributed by atoms with Crippen molar-refractivity contribution >= 4 is 5.97 Å². The van der Waals surface area contributed by atoms with E-state index < -0.39 is 0 Å². The molecule has 138 valence electrons. The minimum atomic E-state index is -0.278. The van der Waals surface area contributed by atoms with Crippen LogP contribution in [-0.4, -0.2) is 37.0 Å². The van der Waals surface area contributed by atoms with Gasteiger partial charge in [-0.1, -0.05) is 19.1 Å². The first-order chi connectivity index (χ1) is 12.5. The van der Waals surface area contributed by atoms with E-state index in [2.05, 4.69) is 0 Å². The maximum absolute atomic E-state index is 12.0. The highest BCUT2D eigenvalue weighted by molar-refractivity contribution is 5.74. The third-order valence-corrected chi connectivity index (χ3v) is 4.99. The van der Waals surface area contributed by atoms with E-state index in [1.807, 2.05) is 6.92 Å². The van der Waals surface area contributed by atoms with E-state index in [-0.39, 0.29) is 35.2 Å². The lowest BCUT2D eigenvalue weighted by Gasteiger charge is -2.26. The molecular weight excluding hydrogens is 336 g/mol. The molecule has 1 fully saturated rings. The van der Waals surface area contributed by atoms with Crippen LogP contribution < -0.4 is 9.47 Å². The maximum Gasteiger partial charge on any atom is 0.309 e. The number of methoxy groups -OCH3 is 2. The molecule has 0 aliphatic carbocycles. The highest BCUT2D eigenvalue weighted by Gasteiger charge is 2.40. The Morgan fingerprint density at radius 3 is 1.88 bits per heavy atom. The fourth-order valence-corrected chi connectivity index (χ4v) is 3.48. The van der Waals surface area contributed by atoms with Gasteiger partial charge in [-0.3, -0.25) is 4.79 Å². The molecular formula is C20H22O6. The predicted molar refractivity (Wildman–Crippen MR) is 94.8 cm³/mol. The van der Waals surface area contributed by atoms with E-state index in [0.717, 1.165) is 11.1 Å². The summed E-state index contributed by atoms with van der Waals surface area (Å²) in [5, 5.41) is 19.8. The standard InChI is InChI=1S/C20H22O6/c1-11-14(10-26-20(11)23)19(12-4-6-15(21)17(8-12)24-2)13-5-7-16(22)18(9-13)25-3/h4-9,11,14,19,21-22H,10H2,1-3H3/t11-,14+/m0/s1. The average Bonchev–Trinajstić information content (AvgIpc) is 2.97. The van der Waals surface area contributed by atoms with Gasteiger partial charge in [-0.2, -0.15) is 0 Å². The summed E-state index contributed by atoms with van der Waals surface area (Å²) < 4.78 is 15.7. The van der Waals surface area contributed by atoms with E-state index in [1.54, 1.807) is 36.4 Å². The molecule has 1 aliphatic rings. The Labute approximate surface area is 151 Å². The first kappa shape index (κ1) is 17.9. The highest BCUT2D eigenvalue weighted by atomic mass is 16.5. The number of carbonyl (C=O) groups excluding carboxylic acids is 1. The number of benzene rings is 2. The third kappa shape index (κ3) is 3.14. The van der Waals surface area contributed by atoms with Crippen LogP contribution in [0.25, 0.3) is 0 Å². The van der Waals surface area contributed by atoms with Crippen LogP contribution >= 0.6 is 0 Å². The second-order valence-corrected chi connectivity index (χ2v) is 6.42. The van der Waals surface area contributed by atoms with Gasteiger partial charge in [0.15, 0.2) is 23.0 Å². The fraction of sp³-hybridized carbons (Fsp3) is 0.350. The topological polar surface area (TPSA) is 85.2 Å². The number of ether oxygens (including phenoxy) is 3. The summed E-state index contributed by atoms with van der Waals surface area (Å²) in [5.41, 5.74) is 1.75. The van der Waals surface area contributed by atoms with Crippen LogP contribution in [0.3, 0.4) is 0 Å². The number of hydrogen-bond donors (Lipinski definition) is 2. The zero-order valence-corrected chi connectivity index (χ0v) is 14.9. The van der Waals surface area contributed by atoms with Gasteiger partial charge in [0.2, 0.25) is 0 Å². The number of phenolic OH excluding ortho intramolecular Hbond substituents is 2. The van der Waals surface area contributed by atoms with Crippen LogP contribution in [0.4, 0.5) is 0 Å². The number of carbonyl (C=O) groups is 1. The van der Waals surface area contributed by atoms with Crippen molar-refractivity contribution in [2.45, 2.75) is 12.8 Å². The monoisotopic (exact) mass is 358 g/mol. The fourth-order valence-electron chi connectivity index (χ4n) is 3.48. The highest BCUT2D eigenvalue weighted by Crippen LogP contribution is 2.43. The maximum atomic E-state index is 12.0. The molecule has 0 saturated carbocycles. The normalized spacial score (nSPS) is 19.5. The van der Waals surface area contributed by atoms with Gasteiger partial charge in [0.25, 0.3) is 0 Å². The Kier molecular flexibility index (Phi) is 4.93. The minimum absolute atomic E-state index is 0.0464. The Morgan fingerprint density at radius 1 is 1.00 bits per heavy atom. The molecule has 1 aliphatic heterocycles. The lowest BCUT2D eigenvalue weighted by molar-refractivity contribution is -0.140. The third-order valence-electron chi connectivity index (χ3n) is 4.99. The summed E-state index contributed by atoms with van der Waals surface area (Å²) in [6.45, 7) is 2.15. The molecule has 6 heteroatoms. The van der Waals surface area contributed by atoms with Crippen molar-refractivity contribution < 1.29 is 29.2 Å². The molecule has 6 nitrogen and oxygen atoms in total. The van der Waals surface area contributed by atoms with Crippen LogP contribution in [-0.2, 0) is 9.53 Å². The molecule has 1 saturated heterocycles. The second kappa shape index (κ2) is 7.15. The molecule has 26 heavy (non-hydrogen) atoms. The molecule has 2 atom stereocenters. The van der Waals surface area contributed by atoms with Crippen LogP contribution in [0.2, 0.25) is 0 Å². The van der Waals surface area contributed by atoms with Gasteiger partial charge >= 0.3 is 5.97 Å². The van der Waals surface area contributed by atoms with Gasteiger partial charge in [0.05, 0.1) is 26.7 Å². The van der Waals surface area contributed by atoms with Crippen LogP contribution in [0, 0.1) is 11.8 Å². The molecule has 0 aromatic heterocycles. The van der Waals surface area contributed by atoms with Gasteiger partial charge in [0.1, 0.15) is 0 Å². The average molecular weight is 358 g/mol. The van der Waals surface area contributed by atoms with Crippen molar-refractivity contribution in [3.8, 4) is 23.0 Å². The quantitative estimate of drug-likeness (QED) is 0.799. The van der Waals surface area contributed by atoms with Crippen LogP contribution in [0.1, 0.15) is 24.0 Å². The Hall–Kier alpha value is -2.89. The molecule has 2 aromatic rings. The molecule has 3 rings (SSSR count). The van der Waals surface area contributed by atoms with Gasteiger partial charge in [-0.25, -0.2) is 0 Å². The zero-order valence-electron chi connectivity index (χ0n) is 14.9. The summed E-state index contributed by atoms with van der Waals surface area (Å²) in [6.07, 6.45) is 0. The number of rotatable bonds is 5. The number of aromatic hydroxyl groups is 2. The summed E-state index contributed by atoms with van der Waals surface area (Å²) in [7, 11) is 2.98. The van der Waals surface area contributed by atoms with Crippen molar-refractivity contribution in [2.75, 3.05) is 20.8 Å². The molecule has 0 spiro atoms. The summed E-state index contributed by atoms with van der Waals surface area (Å²) in [5.74, 6) is 0.0185. The van der Waals surface area contributed by atoms with E-state index in [4.69, 9.17) is 14.2 Å². The lowest BCUT2D eigenvalue weighted by atomic mass is 9.76. The molecule has 0 unspecified atom stereocenters. The van der Waals surface area contributed by atoms with Crippen molar-refractivity contribution in [1.82, 2.24) is 0 Å². The first-order valence-corrected chi connectivity index (χ1v) is 8.36. The smallest absolute Gasteiger partial charge is 0.309 e. The largest absolute Gasteiger partial charge is 0.504 e. The van der Waals surface area contributed by atoms with Crippen molar-refractivity contribution in [1.29, 1.82) is 0 Å².